The van der Waals surface area contributed by atoms with Crippen molar-refractivity contribution in [1.82, 2.24) is 19.9 Å². The lowest BCUT2D eigenvalue weighted by molar-refractivity contribution is 0.104. The van der Waals surface area contributed by atoms with Crippen LogP contribution in [0.5, 0.6) is 0 Å². The van der Waals surface area contributed by atoms with Gasteiger partial charge in [-0.15, -0.1) is 0 Å². The minimum atomic E-state index is -0.415. The third-order valence-electron chi connectivity index (χ3n) is 5.93. The van der Waals surface area contributed by atoms with Gasteiger partial charge < -0.3 is 15.6 Å². The van der Waals surface area contributed by atoms with Crippen molar-refractivity contribution in [2.24, 2.45) is 5.73 Å². The van der Waals surface area contributed by atoms with Crippen LogP contribution in [0.3, 0.4) is 0 Å². The van der Waals surface area contributed by atoms with Gasteiger partial charge in [-0.05, 0) is 37.0 Å². The van der Waals surface area contributed by atoms with Gasteiger partial charge in [-0.1, -0.05) is 38.1 Å². The number of carbonyl (C=O) groups is 1. The molecule has 2 aromatic heterocycles. The number of rotatable bonds is 11. The molecule has 0 aliphatic heterocycles. The first-order chi connectivity index (χ1) is 16.9. The van der Waals surface area contributed by atoms with Crippen LogP contribution in [0, 0.1) is 6.92 Å². The fraction of sp³-hybridized carbons (Fsp3) is 0.333. The van der Waals surface area contributed by atoms with Crippen molar-refractivity contribution in [2.75, 3.05) is 13.2 Å². The molecule has 3 N–H and O–H groups in total. The first kappa shape index (κ1) is 26.0. The molecule has 3 rings (SSSR count). The van der Waals surface area contributed by atoms with Gasteiger partial charge in [-0.2, -0.15) is 0 Å². The molecule has 3 aromatic rings. The highest BCUT2D eigenvalue weighted by Crippen LogP contribution is 2.21. The number of pyridine rings is 1. The Morgan fingerprint density at radius 1 is 1.17 bits per heavy atom. The number of aryl methyl sites for hydroxylation is 1. The maximum absolute atomic E-state index is 13.0. The quantitative estimate of drug-likeness (QED) is 0.244. The second kappa shape index (κ2) is 12.2. The Bertz CT molecular complexity index is 1250. The van der Waals surface area contributed by atoms with Crippen molar-refractivity contribution < 1.29 is 9.18 Å². The summed E-state index contributed by atoms with van der Waals surface area (Å²) < 4.78 is 13.9. The van der Waals surface area contributed by atoms with Gasteiger partial charge in [0.05, 0.1) is 17.6 Å². The second-order valence-electron chi connectivity index (χ2n) is 8.35. The summed E-state index contributed by atoms with van der Waals surface area (Å²) in [6.45, 7) is 6.25. The molecule has 0 atom stereocenters. The standard InChI is InChI=1S/C27H32FN5O2/c1-4-22(5-2)33-17-21(10-11-26(33)35)24-16-31-18(3)27(32-24)25(34)14-23(29)20-8-6-19(7-9-20)15-30-13-12-28/h6-11,14,16-17,22,30H,4-5,12-13,15,29H2,1-3H3/b23-14-. The van der Waals surface area contributed by atoms with Crippen LogP contribution >= 0.6 is 0 Å². The lowest BCUT2D eigenvalue weighted by Crippen LogP contribution is -2.23. The molecule has 35 heavy (non-hydrogen) atoms. The van der Waals surface area contributed by atoms with Crippen molar-refractivity contribution in [3.05, 3.63) is 87.7 Å². The minimum absolute atomic E-state index is 0.0706. The number of nitrogens with one attached hydrogen (secondary N) is 1. The molecule has 1 aromatic carbocycles. The second-order valence-corrected chi connectivity index (χ2v) is 8.35. The molecule has 0 unspecified atom stereocenters. The predicted molar refractivity (Wildman–Crippen MR) is 137 cm³/mol. The highest BCUT2D eigenvalue weighted by Gasteiger charge is 2.15. The topological polar surface area (TPSA) is 103 Å². The molecule has 0 aliphatic rings. The molecular weight excluding hydrogens is 445 g/mol. The maximum atomic E-state index is 13.0. The zero-order valence-electron chi connectivity index (χ0n) is 20.4. The Balaban J connectivity index is 1.86. The van der Waals surface area contributed by atoms with Gasteiger partial charge >= 0.3 is 0 Å². The zero-order valence-corrected chi connectivity index (χ0v) is 20.4. The number of nitrogens with two attached hydrogens (primary N) is 1. The Kier molecular flexibility index (Phi) is 9.03. The van der Waals surface area contributed by atoms with Gasteiger partial charge in [0.1, 0.15) is 12.4 Å². The summed E-state index contributed by atoms with van der Waals surface area (Å²) in [6, 6.07) is 10.7. The van der Waals surface area contributed by atoms with Crippen LogP contribution in [-0.4, -0.2) is 33.5 Å². The van der Waals surface area contributed by atoms with Gasteiger partial charge in [-0.3, -0.25) is 14.6 Å². The van der Waals surface area contributed by atoms with E-state index in [1.807, 2.05) is 38.1 Å². The normalized spacial score (nSPS) is 11.7. The smallest absolute Gasteiger partial charge is 0.250 e. The van der Waals surface area contributed by atoms with E-state index in [9.17, 15) is 14.0 Å². The van der Waals surface area contributed by atoms with E-state index < -0.39 is 6.67 Å². The van der Waals surface area contributed by atoms with E-state index in [1.165, 1.54) is 12.1 Å². The van der Waals surface area contributed by atoms with Gasteiger partial charge in [0.25, 0.3) is 5.56 Å². The van der Waals surface area contributed by atoms with E-state index in [2.05, 4.69) is 15.3 Å². The molecule has 0 saturated carbocycles. The average Bonchev–Trinajstić information content (AvgIpc) is 2.86. The van der Waals surface area contributed by atoms with Crippen LogP contribution in [0.2, 0.25) is 0 Å². The Morgan fingerprint density at radius 2 is 1.89 bits per heavy atom. The first-order valence-electron chi connectivity index (χ1n) is 11.8. The van der Waals surface area contributed by atoms with Gasteiger partial charge in [0.2, 0.25) is 5.78 Å². The maximum Gasteiger partial charge on any atom is 0.250 e. The van der Waals surface area contributed by atoms with E-state index in [4.69, 9.17) is 5.73 Å². The molecule has 7 nitrogen and oxygen atoms in total. The predicted octanol–water partition coefficient (Wildman–Crippen LogP) is 4.22. The summed E-state index contributed by atoms with van der Waals surface area (Å²) in [5.74, 6) is -0.351. The summed E-state index contributed by atoms with van der Waals surface area (Å²) in [6.07, 6.45) is 6.40. The number of hydrogen-bond donors (Lipinski definition) is 2. The number of ketones is 1. The number of hydrogen-bond acceptors (Lipinski definition) is 6. The Morgan fingerprint density at radius 3 is 2.54 bits per heavy atom. The molecule has 0 fully saturated rings. The molecule has 0 aliphatic carbocycles. The molecule has 0 amide bonds. The van der Waals surface area contributed by atoms with Crippen molar-refractivity contribution in [1.29, 1.82) is 0 Å². The van der Waals surface area contributed by atoms with Crippen LogP contribution in [0.4, 0.5) is 4.39 Å². The number of nitrogens with zero attached hydrogens (tertiary/aromatic N) is 3. The zero-order chi connectivity index (χ0) is 25.4. The Labute approximate surface area is 204 Å². The van der Waals surface area contributed by atoms with Gasteiger partial charge in [0.15, 0.2) is 0 Å². The highest BCUT2D eigenvalue weighted by molar-refractivity contribution is 6.07. The number of aromatic nitrogens is 3. The van der Waals surface area contributed by atoms with Crippen LogP contribution in [0.1, 0.15) is 60.0 Å². The lowest BCUT2D eigenvalue weighted by Gasteiger charge is -2.17. The number of alkyl halides is 1. The minimum Gasteiger partial charge on any atom is -0.398 e. The third-order valence-corrected chi connectivity index (χ3v) is 5.93. The summed E-state index contributed by atoms with van der Waals surface area (Å²) >= 11 is 0. The molecule has 8 heteroatoms. The molecule has 0 spiro atoms. The molecule has 0 saturated heterocycles. The Hall–Kier alpha value is -3.65. The van der Waals surface area contributed by atoms with Crippen LogP contribution in [0.25, 0.3) is 17.0 Å². The monoisotopic (exact) mass is 477 g/mol. The van der Waals surface area contributed by atoms with E-state index >= 15 is 0 Å². The summed E-state index contributed by atoms with van der Waals surface area (Å²) in [5, 5.41) is 2.99. The largest absolute Gasteiger partial charge is 0.398 e. The van der Waals surface area contributed by atoms with Crippen molar-refractivity contribution >= 4 is 11.5 Å². The first-order valence-corrected chi connectivity index (χ1v) is 11.8. The number of halogens is 1. The van der Waals surface area contributed by atoms with E-state index in [-0.39, 0.29) is 23.1 Å². The molecule has 0 radical (unpaired) electrons. The summed E-state index contributed by atoms with van der Waals surface area (Å²) in [4.78, 5) is 34.3. The van der Waals surface area contributed by atoms with Crippen molar-refractivity contribution in [3.8, 4) is 11.3 Å². The van der Waals surface area contributed by atoms with Crippen molar-refractivity contribution in [3.63, 3.8) is 0 Å². The van der Waals surface area contributed by atoms with Gasteiger partial charge in [0, 0.05) is 48.7 Å². The summed E-state index contributed by atoms with van der Waals surface area (Å²) in [7, 11) is 0. The number of carbonyl (C=O) groups excluding carboxylic acids is 1. The van der Waals surface area contributed by atoms with E-state index in [0.29, 0.717) is 41.3 Å². The van der Waals surface area contributed by atoms with Gasteiger partial charge in [-0.25, -0.2) is 9.37 Å². The highest BCUT2D eigenvalue weighted by atomic mass is 19.1. The SMILES string of the molecule is CCC(CC)n1cc(-c2cnc(C)c(C(=O)/C=C(\N)c3ccc(CNCCF)cc3)n2)ccc1=O. The van der Waals surface area contributed by atoms with Crippen LogP contribution in [0.15, 0.2) is 59.7 Å². The number of allylic oxidation sites excluding steroid dienone is 1. The third kappa shape index (κ3) is 6.48. The van der Waals surface area contributed by atoms with Crippen LogP contribution in [-0.2, 0) is 6.54 Å². The van der Waals surface area contributed by atoms with Crippen LogP contribution < -0.4 is 16.6 Å². The lowest BCUT2D eigenvalue weighted by atomic mass is 10.1. The molecule has 184 valence electrons. The molecular formula is C27H32FN5O2. The summed E-state index contributed by atoms with van der Waals surface area (Å²) in [5.41, 5.74) is 10.0. The average molecular weight is 478 g/mol. The fourth-order valence-electron chi connectivity index (χ4n) is 3.85. The number of benzene rings is 1. The molecule has 0 bridgehead atoms. The molecule has 2 heterocycles. The fourth-order valence-corrected chi connectivity index (χ4v) is 3.85. The van der Waals surface area contributed by atoms with E-state index in [0.717, 1.165) is 18.4 Å². The van der Waals surface area contributed by atoms with E-state index in [1.54, 1.807) is 30.0 Å². The van der Waals surface area contributed by atoms with Crippen molar-refractivity contribution in [2.45, 2.75) is 46.2 Å².